The van der Waals surface area contributed by atoms with Crippen LogP contribution in [0.5, 0.6) is 5.75 Å². The highest BCUT2D eigenvalue weighted by Crippen LogP contribution is 2.42. The zero-order valence-corrected chi connectivity index (χ0v) is 17.1. The first-order valence-corrected chi connectivity index (χ1v) is 9.97. The van der Waals surface area contributed by atoms with Crippen LogP contribution in [0.3, 0.4) is 0 Å². The topological polar surface area (TPSA) is 38.3 Å². The predicted octanol–water partition coefficient (Wildman–Crippen LogP) is 5.80. The van der Waals surface area contributed by atoms with Crippen molar-refractivity contribution in [2.45, 2.75) is 70.9 Å². The zero-order chi connectivity index (χ0) is 19.7. The number of fused-ring (bicyclic) bond motifs is 1. The van der Waals surface area contributed by atoms with Gasteiger partial charge in [0, 0.05) is 17.5 Å². The highest BCUT2D eigenvalue weighted by Gasteiger charge is 2.39. The Morgan fingerprint density at radius 1 is 1.07 bits per heavy atom. The van der Waals surface area contributed by atoms with E-state index < -0.39 is 0 Å². The second-order valence-corrected chi connectivity index (χ2v) is 8.59. The molecule has 1 aliphatic rings. The Kier molecular flexibility index (Phi) is 5.32. The minimum absolute atomic E-state index is 0.0294. The van der Waals surface area contributed by atoms with Crippen molar-refractivity contribution < 1.29 is 9.53 Å². The van der Waals surface area contributed by atoms with Crippen molar-refractivity contribution in [2.24, 2.45) is 0 Å². The van der Waals surface area contributed by atoms with E-state index in [0.29, 0.717) is 5.56 Å². The van der Waals surface area contributed by atoms with E-state index in [4.69, 9.17) is 4.74 Å². The molecule has 3 rings (SSSR count). The Morgan fingerprint density at radius 3 is 2.30 bits per heavy atom. The van der Waals surface area contributed by atoms with Crippen LogP contribution < -0.4 is 10.1 Å². The lowest BCUT2D eigenvalue weighted by Crippen LogP contribution is -2.44. The number of ether oxygens (including phenoxy) is 1. The number of carbonyl (C=O) groups is 1. The van der Waals surface area contributed by atoms with Crippen molar-refractivity contribution in [3.05, 3.63) is 65.2 Å². The van der Waals surface area contributed by atoms with Gasteiger partial charge in [-0.1, -0.05) is 65.0 Å². The lowest BCUT2D eigenvalue weighted by atomic mass is 9.83. The minimum Gasteiger partial charge on any atom is -0.487 e. The number of hydrogen-bond acceptors (Lipinski definition) is 2. The van der Waals surface area contributed by atoms with Crippen molar-refractivity contribution >= 4 is 5.91 Å². The number of benzene rings is 2. The third-order valence-electron chi connectivity index (χ3n) is 5.80. The van der Waals surface area contributed by atoms with Gasteiger partial charge in [0.2, 0.25) is 0 Å². The van der Waals surface area contributed by atoms with Gasteiger partial charge >= 0.3 is 0 Å². The number of para-hydroxylation sites is 1. The Labute approximate surface area is 163 Å². The molecule has 0 radical (unpaired) electrons. The van der Waals surface area contributed by atoms with E-state index in [1.807, 2.05) is 30.3 Å². The molecule has 0 spiro atoms. The quantitative estimate of drug-likeness (QED) is 0.744. The molecule has 0 bridgehead atoms. The number of nitrogens with one attached hydrogen (secondary N) is 1. The second kappa shape index (κ2) is 7.38. The van der Waals surface area contributed by atoms with E-state index in [2.05, 4.69) is 58.1 Å². The molecular weight excluding hydrogens is 334 g/mol. The van der Waals surface area contributed by atoms with Gasteiger partial charge in [0.15, 0.2) is 0 Å². The van der Waals surface area contributed by atoms with Gasteiger partial charge in [-0.25, -0.2) is 0 Å². The summed E-state index contributed by atoms with van der Waals surface area (Å²) in [5.74, 6) is 0.860. The lowest BCUT2D eigenvalue weighted by Gasteiger charge is -2.41. The molecule has 0 saturated carbocycles. The molecule has 2 aromatic rings. The fourth-order valence-corrected chi connectivity index (χ4v) is 3.79. The van der Waals surface area contributed by atoms with Crippen LogP contribution in [0.25, 0.3) is 0 Å². The van der Waals surface area contributed by atoms with Gasteiger partial charge in [-0.05, 0) is 42.0 Å². The summed E-state index contributed by atoms with van der Waals surface area (Å²) in [6.07, 6.45) is 2.64. The number of amides is 1. The first-order chi connectivity index (χ1) is 12.8. The fourth-order valence-electron chi connectivity index (χ4n) is 3.79. The molecular formula is C24H31NO2. The van der Waals surface area contributed by atoms with Crippen molar-refractivity contribution in [2.75, 3.05) is 0 Å². The van der Waals surface area contributed by atoms with Crippen molar-refractivity contribution in [3.63, 3.8) is 0 Å². The second-order valence-electron chi connectivity index (χ2n) is 8.59. The molecule has 2 aromatic carbocycles. The van der Waals surface area contributed by atoms with Gasteiger partial charge in [-0.3, -0.25) is 4.79 Å². The first-order valence-electron chi connectivity index (χ1n) is 9.97. The molecule has 1 aliphatic heterocycles. The number of hydrogen-bond donors (Lipinski definition) is 1. The SMILES string of the molecule is CCC1(CC)C[C@@H](NC(=O)c2ccc(C(C)(C)C)cc2)c2ccccc2O1. The van der Waals surface area contributed by atoms with Gasteiger partial charge in [0.05, 0.1) is 6.04 Å². The smallest absolute Gasteiger partial charge is 0.251 e. The monoisotopic (exact) mass is 365 g/mol. The molecule has 0 aliphatic carbocycles. The lowest BCUT2D eigenvalue weighted by molar-refractivity contribution is 0.0227. The van der Waals surface area contributed by atoms with E-state index in [0.717, 1.165) is 30.6 Å². The Morgan fingerprint density at radius 2 is 1.70 bits per heavy atom. The van der Waals surface area contributed by atoms with Crippen LogP contribution in [-0.4, -0.2) is 11.5 Å². The predicted molar refractivity (Wildman–Crippen MR) is 110 cm³/mol. The summed E-state index contributed by atoms with van der Waals surface area (Å²) >= 11 is 0. The van der Waals surface area contributed by atoms with Crippen LogP contribution in [0.2, 0.25) is 0 Å². The molecule has 3 nitrogen and oxygen atoms in total. The Balaban J connectivity index is 1.84. The third-order valence-corrected chi connectivity index (χ3v) is 5.80. The van der Waals surface area contributed by atoms with Gasteiger partial charge in [-0.15, -0.1) is 0 Å². The van der Waals surface area contributed by atoms with Crippen LogP contribution >= 0.6 is 0 Å². The molecule has 0 fully saturated rings. The molecule has 0 saturated heterocycles. The fraction of sp³-hybridized carbons (Fsp3) is 0.458. The average Bonchev–Trinajstić information content (AvgIpc) is 2.67. The highest BCUT2D eigenvalue weighted by atomic mass is 16.5. The summed E-state index contributed by atoms with van der Waals surface area (Å²) in [7, 11) is 0. The van der Waals surface area contributed by atoms with Gasteiger partial charge in [0.25, 0.3) is 5.91 Å². The average molecular weight is 366 g/mol. The summed E-state index contributed by atoms with van der Waals surface area (Å²) < 4.78 is 6.34. The van der Waals surface area contributed by atoms with Crippen LogP contribution in [-0.2, 0) is 5.41 Å². The third kappa shape index (κ3) is 4.02. The molecule has 144 valence electrons. The molecule has 1 heterocycles. The van der Waals surface area contributed by atoms with E-state index in [1.165, 1.54) is 5.56 Å². The summed E-state index contributed by atoms with van der Waals surface area (Å²) in [5.41, 5.74) is 2.85. The van der Waals surface area contributed by atoms with Crippen LogP contribution in [0.1, 0.15) is 81.4 Å². The maximum atomic E-state index is 12.9. The number of rotatable bonds is 4. The van der Waals surface area contributed by atoms with E-state index >= 15 is 0 Å². The van der Waals surface area contributed by atoms with E-state index in [9.17, 15) is 4.79 Å². The summed E-state index contributed by atoms with van der Waals surface area (Å²) in [6, 6.07) is 16.0. The molecule has 1 atom stereocenters. The molecule has 3 heteroatoms. The van der Waals surface area contributed by atoms with E-state index in [-0.39, 0.29) is 23.0 Å². The van der Waals surface area contributed by atoms with Gasteiger partial charge < -0.3 is 10.1 Å². The maximum absolute atomic E-state index is 12.9. The van der Waals surface area contributed by atoms with Crippen LogP contribution in [0, 0.1) is 0 Å². The van der Waals surface area contributed by atoms with Crippen molar-refractivity contribution in [1.29, 1.82) is 0 Å². The zero-order valence-electron chi connectivity index (χ0n) is 17.1. The first kappa shape index (κ1) is 19.5. The number of carbonyl (C=O) groups excluding carboxylic acids is 1. The molecule has 0 unspecified atom stereocenters. The van der Waals surface area contributed by atoms with Crippen molar-refractivity contribution in [1.82, 2.24) is 5.32 Å². The Hall–Kier alpha value is -2.29. The highest BCUT2D eigenvalue weighted by molar-refractivity contribution is 5.94. The molecule has 27 heavy (non-hydrogen) atoms. The molecule has 0 aromatic heterocycles. The summed E-state index contributed by atoms with van der Waals surface area (Å²) in [6.45, 7) is 10.8. The van der Waals surface area contributed by atoms with E-state index in [1.54, 1.807) is 0 Å². The summed E-state index contributed by atoms with van der Waals surface area (Å²) in [5, 5.41) is 3.25. The van der Waals surface area contributed by atoms with Gasteiger partial charge in [0.1, 0.15) is 11.4 Å². The van der Waals surface area contributed by atoms with Crippen LogP contribution in [0.4, 0.5) is 0 Å². The van der Waals surface area contributed by atoms with Gasteiger partial charge in [-0.2, -0.15) is 0 Å². The Bertz CT molecular complexity index is 798. The van der Waals surface area contributed by atoms with Crippen LogP contribution in [0.15, 0.2) is 48.5 Å². The summed E-state index contributed by atoms with van der Waals surface area (Å²) in [4.78, 5) is 12.9. The molecule has 1 amide bonds. The minimum atomic E-state index is -0.220. The standard InChI is InChI=1S/C24H31NO2/c1-6-24(7-2)16-20(19-10-8-9-11-21(19)27-24)25-22(26)17-12-14-18(15-13-17)23(3,4)5/h8-15,20H,6-7,16H2,1-5H3,(H,25,26)/t20-/m1/s1. The largest absolute Gasteiger partial charge is 0.487 e. The molecule has 1 N–H and O–H groups in total. The normalized spacial score (nSPS) is 18.3. The maximum Gasteiger partial charge on any atom is 0.251 e. The van der Waals surface area contributed by atoms with Crippen molar-refractivity contribution in [3.8, 4) is 5.75 Å².